The molecular weight excluding hydrogens is 428 g/mol. The summed E-state index contributed by atoms with van der Waals surface area (Å²) >= 11 is 3.35. The highest BCUT2D eigenvalue weighted by Gasteiger charge is 2.10. The van der Waals surface area contributed by atoms with Crippen molar-refractivity contribution >= 4 is 26.8 Å². The lowest BCUT2D eigenvalue weighted by Crippen LogP contribution is -2.12. The van der Waals surface area contributed by atoms with Crippen LogP contribution < -0.4 is 5.56 Å². The number of benzene rings is 2. The van der Waals surface area contributed by atoms with Crippen LogP contribution in [-0.4, -0.2) is 15.0 Å². The molecule has 4 rings (SSSR count). The molecule has 0 atom stereocenters. The maximum atomic E-state index is 12.9. The van der Waals surface area contributed by atoms with Crippen molar-refractivity contribution in [3.05, 3.63) is 92.6 Å². The number of aromatic nitrogens is 3. The maximum Gasteiger partial charge on any atom is 0.263 e. The molecule has 0 amide bonds. The molecule has 0 radical (unpaired) electrons. The van der Waals surface area contributed by atoms with Gasteiger partial charge in [-0.3, -0.25) is 9.78 Å². The van der Waals surface area contributed by atoms with Gasteiger partial charge in [0.2, 0.25) is 0 Å². The predicted octanol–water partition coefficient (Wildman–Crippen LogP) is 5.28. The molecule has 0 spiro atoms. The standard InChI is InChI=1S/C21H14BrF2N3O/c22-15-5-6-17-16(11-15)21(28)27-19(26-17)9-12-1-3-13(4-2-12)18-10-14(20(23)24)7-8-25-18/h1-8,10-11,20H,9H2,(H,26,27,28). The lowest BCUT2D eigenvalue weighted by Gasteiger charge is -2.07. The van der Waals surface area contributed by atoms with Gasteiger partial charge in [0.15, 0.2) is 0 Å². The van der Waals surface area contributed by atoms with Crippen LogP contribution in [0.15, 0.2) is 70.1 Å². The highest BCUT2D eigenvalue weighted by Crippen LogP contribution is 2.24. The average Bonchev–Trinajstić information content (AvgIpc) is 2.69. The minimum Gasteiger partial charge on any atom is -0.310 e. The third kappa shape index (κ3) is 3.84. The Kier molecular flexibility index (Phi) is 5.00. The molecule has 4 aromatic rings. The summed E-state index contributed by atoms with van der Waals surface area (Å²) in [5.74, 6) is 0.561. The van der Waals surface area contributed by atoms with E-state index in [0.717, 1.165) is 15.6 Å². The topological polar surface area (TPSA) is 58.6 Å². The first-order valence-electron chi connectivity index (χ1n) is 8.51. The van der Waals surface area contributed by atoms with Crippen molar-refractivity contribution in [1.82, 2.24) is 15.0 Å². The fourth-order valence-corrected chi connectivity index (χ4v) is 3.33. The van der Waals surface area contributed by atoms with Gasteiger partial charge in [0.1, 0.15) is 5.82 Å². The zero-order valence-electron chi connectivity index (χ0n) is 14.5. The van der Waals surface area contributed by atoms with Crippen LogP contribution in [0.2, 0.25) is 0 Å². The fraction of sp³-hybridized carbons (Fsp3) is 0.0952. The molecule has 0 aliphatic carbocycles. The SMILES string of the molecule is O=c1[nH]c(Cc2ccc(-c3cc(C(F)F)ccn3)cc2)nc2ccc(Br)cc12. The van der Waals surface area contributed by atoms with E-state index in [1.165, 1.54) is 18.3 Å². The van der Waals surface area contributed by atoms with Gasteiger partial charge in [-0.05, 0) is 35.9 Å². The number of H-pyrrole nitrogens is 1. The normalized spacial score (nSPS) is 11.3. The van der Waals surface area contributed by atoms with Crippen molar-refractivity contribution in [2.75, 3.05) is 0 Å². The summed E-state index contributed by atoms with van der Waals surface area (Å²) in [6.45, 7) is 0. The summed E-state index contributed by atoms with van der Waals surface area (Å²) < 4.78 is 26.6. The van der Waals surface area contributed by atoms with Crippen molar-refractivity contribution in [1.29, 1.82) is 0 Å². The molecule has 0 unspecified atom stereocenters. The molecule has 4 nitrogen and oxygen atoms in total. The number of hydrogen-bond donors (Lipinski definition) is 1. The van der Waals surface area contributed by atoms with Gasteiger partial charge in [0.25, 0.3) is 12.0 Å². The molecule has 7 heteroatoms. The zero-order valence-corrected chi connectivity index (χ0v) is 16.1. The van der Waals surface area contributed by atoms with E-state index in [1.807, 2.05) is 30.3 Å². The van der Waals surface area contributed by atoms with Crippen LogP contribution >= 0.6 is 15.9 Å². The Morgan fingerprint density at radius 3 is 2.57 bits per heavy atom. The molecule has 1 N–H and O–H groups in total. The predicted molar refractivity (Wildman–Crippen MR) is 107 cm³/mol. The summed E-state index contributed by atoms with van der Waals surface area (Å²) in [5.41, 5.74) is 2.56. The van der Waals surface area contributed by atoms with Crippen molar-refractivity contribution < 1.29 is 8.78 Å². The number of halogens is 3. The van der Waals surface area contributed by atoms with Crippen molar-refractivity contribution in [2.24, 2.45) is 0 Å². The van der Waals surface area contributed by atoms with Crippen LogP contribution in [-0.2, 0) is 6.42 Å². The summed E-state index contributed by atoms with van der Waals surface area (Å²) in [7, 11) is 0. The Morgan fingerprint density at radius 1 is 1.04 bits per heavy atom. The number of aromatic amines is 1. The zero-order chi connectivity index (χ0) is 19.7. The third-order valence-electron chi connectivity index (χ3n) is 4.37. The van der Waals surface area contributed by atoms with E-state index in [-0.39, 0.29) is 11.1 Å². The molecule has 2 aromatic carbocycles. The summed E-state index contributed by atoms with van der Waals surface area (Å²) in [5, 5.41) is 0.526. The van der Waals surface area contributed by atoms with Gasteiger partial charge in [-0.25, -0.2) is 13.8 Å². The molecule has 0 fully saturated rings. The molecule has 0 aliphatic rings. The lowest BCUT2D eigenvalue weighted by molar-refractivity contribution is 0.151. The number of nitrogens with one attached hydrogen (secondary N) is 1. The van der Waals surface area contributed by atoms with Crippen LogP contribution in [0.4, 0.5) is 8.78 Å². The van der Waals surface area contributed by atoms with Gasteiger partial charge in [-0.15, -0.1) is 0 Å². The molecule has 0 saturated carbocycles. The van der Waals surface area contributed by atoms with E-state index in [2.05, 4.69) is 30.9 Å². The van der Waals surface area contributed by atoms with Gasteiger partial charge in [-0.2, -0.15) is 0 Å². The van der Waals surface area contributed by atoms with E-state index < -0.39 is 6.43 Å². The first-order valence-corrected chi connectivity index (χ1v) is 9.31. The van der Waals surface area contributed by atoms with Gasteiger partial charge in [-0.1, -0.05) is 40.2 Å². The molecule has 0 bridgehead atoms. The average molecular weight is 442 g/mol. The highest BCUT2D eigenvalue weighted by molar-refractivity contribution is 9.10. The van der Waals surface area contributed by atoms with Crippen LogP contribution in [0.3, 0.4) is 0 Å². The molecule has 2 aromatic heterocycles. The first-order chi connectivity index (χ1) is 13.5. The van der Waals surface area contributed by atoms with Gasteiger partial charge < -0.3 is 4.98 Å². The van der Waals surface area contributed by atoms with Crippen LogP contribution in [0.1, 0.15) is 23.4 Å². The quantitative estimate of drug-likeness (QED) is 0.468. The summed E-state index contributed by atoms with van der Waals surface area (Å²) in [6, 6.07) is 15.5. The molecule has 140 valence electrons. The summed E-state index contributed by atoms with van der Waals surface area (Å²) in [6.07, 6.45) is -0.698. The second-order valence-corrected chi connectivity index (χ2v) is 7.24. The van der Waals surface area contributed by atoms with Crippen molar-refractivity contribution in [3.8, 4) is 11.3 Å². The van der Waals surface area contributed by atoms with Crippen LogP contribution in [0.5, 0.6) is 0 Å². The Bertz CT molecular complexity index is 1210. The smallest absolute Gasteiger partial charge is 0.263 e. The van der Waals surface area contributed by atoms with Crippen LogP contribution in [0, 0.1) is 0 Å². The van der Waals surface area contributed by atoms with E-state index in [4.69, 9.17) is 0 Å². The van der Waals surface area contributed by atoms with Gasteiger partial charge >= 0.3 is 0 Å². The maximum absolute atomic E-state index is 12.9. The minimum absolute atomic E-state index is 0.0568. The second-order valence-electron chi connectivity index (χ2n) is 6.32. The number of alkyl halides is 2. The number of rotatable bonds is 4. The van der Waals surface area contributed by atoms with Crippen LogP contribution in [0.25, 0.3) is 22.2 Å². The first kappa shape index (κ1) is 18.4. The molecule has 0 aliphatic heterocycles. The molecule has 0 saturated heterocycles. The molecule has 2 heterocycles. The number of nitrogens with zero attached hydrogens (tertiary/aromatic N) is 2. The highest BCUT2D eigenvalue weighted by atomic mass is 79.9. The Labute approximate surface area is 167 Å². The van der Waals surface area contributed by atoms with E-state index in [9.17, 15) is 13.6 Å². The van der Waals surface area contributed by atoms with E-state index in [1.54, 1.807) is 12.1 Å². The third-order valence-corrected chi connectivity index (χ3v) is 4.87. The number of hydrogen-bond acceptors (Lipinski definition) is 3. The number of fused-ring (bicyclic) bond motifs is 1. The van der Waals surface area contributed by atoms with Gasteiger partial charge in [0, 0.05) is 28.2 Å². The monoisotopic (exact) mass is 441 g/mol. The van der Waals surface area contributed by atoms with Crippen molar-refractivity contribution in [2.45, 2.75) is 12.8 Å². The van der Waals surface area contributed by atoms with Crippen molar-refractivity contribution in [3.63, 3.8) is 0 Å². The van der Waals surface area contributed by atoms with E-state index in [0.29, 0.717) is 28.8 Å². The number of pyridine rings is 1. The Balaban J connectivity index is 1.60. The fourth-order valence-electron chi connectivity index (χ4n) is 2.97. The summed E-state index contributed by atoms with van der Waals surface area (Å²) in [4.78, 5) is 23.8. The Morgan fingerprint density at radius 2 is 1.82 bits per heavy atom. The van der Waals surface area contributed by atoms with E-state index >= 15 is 0 Å². The largest absolute Gasteiger partial charge is 0.310 e. The molecular formula is C21H14BrF2N3O. The molecule has 28 heavy (non-hydrogen) atoms. The van der Waals surface area contributed by atoms with Gasteiger partial charge in [0.05, 0.1) is 16.6 Å². The Hall–Kier alpha value is -2.93. The second kappa shape index (κ2) is 7.59. The minimum atomic E-state index is -2.53. The lowest BCUT2D eigenvalue weighted by atomic mass is 10.1.